The number of rotatable bonds is 8. The minimum atomic E-state index is 0.229. The minimum Gasteiger partial charge on any atom is -0.343 e. The van der Waals surface area contributed by atoms with E-state index >= 15 is 0 Å². The number of piperidine rings is 1. The fraction of sp³-hybridized carbons (Fsp3) is 0.611. The molecule has 1 N–H and O–H groups in total. The van der Waals surface area contributed by atoms with E-state index in [4.69, 9.17) is 0 Å². The average Bonchev–Trinajstić information content (AvgIpc) is 2.55. The number of hydrogen-bond donors (Lipinski definition) is 1. The van der Waals surface area contributed by atoms with E-state index in [2.05, 4.69) is 35.6 Å². The van der Waals surface area contributed by atoms with Gasteiger partial charge in [-0.25, -0.2) is 0 Å². The molecule has 4 heteroatoms. The van der Waals surface area contributed by atoms with Crippen LogP contribution >= 0.6 is 11.8 Å². The van der Waals surface area contributed by atoms with Crippen molar-refractivity contribution in [2.45, 2.75) is 31.9 Å². The maximum atomic E-state index is 11.3. The molecule has 1 saturated heterocycles. The zero-order valence-electron chi connectivity index (χ0n) is 13.6. The van der Waals surface area contributed by atoms with Gasteiger partial charge in [0.25, 0.3) is 0 Å². The molecule has 1 amide bonds. The number of nitrogens with one attached hydrogen (secondary N) is 1. The summed E-state index contributed by atoms with van der Waals surface area (Å²) in [4.78, 5) is 13.3. The minimum absolute atomic E-state index is 0.229. The van der Waals surface area contributed by atoms with Gasteiger partial charge < -0.3 is 10.2 Å². The van der Waals surface area contributed by atoms with Crippen molar-refractivity contribution in [3.8, 4) is 0 Å². The molecular formula is C18H28N2OS. The zero-order valence-corrected chi connectivity index (χ0v) is 14.4. The van der Waals surface area contributed by atoms with Gasteiger partial charge >= 0.3 is 0 Å². The van der Waals surface area contributed by atoms with Crippen molar-refractivity contribution < 1.29 is 4.79 Å². The van der Waals surface area contributed by atoms with Gasteiger partial charge in [-0.15, -0.1) is 0 Å². The highest BCUT2D eigenvalue weighted by molar-refractivity contribution is 7.98. The van der Waals surface area contributed by atoms with Crippen LogP contribution in [0, 0.1) is 5.92 Å². The second-order valence-electron chi connectivity index (χ2n) is 6.03. The summed E-state index contributed by atoms with van der Waals surface area (Å²) >= 11 is 1.99. The molecule has 1 aromatic rings. The summed E-state index contributed by atoms with van der Waals surface area (Å²) in [7, 11) is 0. The lowest BCUT2D eigenvalue weighted by Crippen LogP contribution is -2.37. The fourth-order valence-corrected chi connectivity index (χ4v) is 3.74. The molecule has 1 aromatic carbocycles. The quantitative estimate of drug-likeness (QED) is 0.747. The molecule has 1 aliphatic rings. The lowest BCUT2D eigenvalue weighted by molar-refractivity contribution is -0.130. The molecule has 0 bridgehead atoms. The molecule has 0 radical (unpaired) electrons. The van der Waals surface area contributed by atoms with Crippen molar-refractivity contribution >= 4 is 17.7 Å². The van der Waals surface area contributed by atoms with Crippen LogP contribution in [0.5, 0.6) is 0 Å². The zero-order chi connectivity index (χ0) is 15.6. The number of likely N-dealkylation sites (tertiary alicyclic amines) is 1. The Kier molecular flexibility index (Phi) is 7.81. The van der Waals surface area contributed by atoms with Gasteiger partial charge in [0.2, 0.25) is 5.91 Å². The SMILES string of the molecule is CC(=O)N1CCC(CCNCCSCc2ccccc2)CC1. The largest absolute Gasteiger partial charge is 0.343 e. The van der Waals surface area contributed by atoms with Gasteiger partial charge in [0.15, 0.2) is 0 Å². The molecule has 3 nitrogen and oxygen atoms in total. The highest BCUT2D eigenvalue weighted by Gasteiger charge is 2.19. The van der Waals surface area contributed by atoms with Gasteiger partial charge in [-0.2, -0.15) is 11.8 Å². The molecule has 122 valence electrons. The smallest absolute Gasteiger partial charge is 0.219 e. The number of thioether (sulfide) groups is 1. The molecule has 22 heavy (non-hydrogen) atoms. The van der Waals surface area contributed by atoms with Gasteiger partial charge in [0.05, 0.1) is 0 Å². The molecule has 0 spiro atoms. The van der Waals surface area contributed by atoms with E-state index in [9.17, 15) is 4.79 Å². The van der Waals surface area contributed by atoms with E-state index in [0.29, 0.717) is 0 Å². The summed E-state index contributed by atoms with van der Waals surface area (Å²) in [5.74, 6) is 3.29. The van der Waals surface area contributed by atoms with Crippen LogP contribution in [0.2, 0.25) is 0 Å². The summed E-state index contributed by atoms with van der Waals surface area (Å²) in [5, 5.41) is 3.55. The Hall–Kier alpha value is -1.00. The van der Waals surface area contributed by atoms with Gasteiger partial charge in [-0.05, 0) is 37.3 Å². The normalized spacial score (nSPS) is 16.0. The summed E-state index contributed by atoms with van der Waals surface area (Å²) < 4.78 is 0. The molecule has 0 atom stereocenters. The third-order valence-corrected chi connectivity index (χ3v) is 5.35. The second-order valence-corrected chi connectivity index (χ2v) is 7.13. The van der Waals surface area contributed by atoms with Crippen molar-refractivity contribution in [3.05, 3.63) is 35.9 Å². The van der Waals surface area contributed by atoms with Gasteiger partial charge in [0, 0.05) is 38.1 Å². The Morgan fingerprint density at radius 3 is 2.64 bits per heavy atom. The van der Waals surface area contributed by atoms with Crippen LogP contribution in [0.15, 0.2) is 30.3 Å². The molecule has 1 aliphatic heterocycles. The average molecular weight is 321 g/mol. The Morgan fingerprint density at radius 2 is 1.95 bits per heavy atom. The molecule has 1 fully saturated rings. The summed E-state index contributed by atoms with van der Waals surface area (Å²) in [6.07, 6.45) is 3.59. The topological polar surface area (TPSA) is 32.3 Å². The number of hydrogen-bond acceptors (Lipinski definition) is 3. The first-order chi connectivity index (χ1) is 10.8. The third-order valence-electron chi connectivity index (χ3n) is 4.32. The van der Waals surface area contributed by atoms with Gasteiger partial charge in [-0.3, -0.25) is 4.79 Å². The van der Waals surface area contributed by atoms with Crippen LogP contribution in [-0.2, 0) is 10.5 Å². The lowest BCUT2D eigenvalue weighted by atomic mass is 9.93. The van der Waals surface area contributed by atoms with Crippen LogP contribution in [0.4, 0.5) is 0 Å². The molecular weight excluding hydrogens is 292 g/mol. The van der Waals surface area contributed by atoms with E-state index in [1.165, 1.54) is 24.8 Å². The Balaban J connectivity index is 1.44. The number of benzene rings is 1. The standard InChI is InChI=1S/C18H28N2OS/c1-16(21)20-12-8-17(9-13-20)7-10-19-11-14-22-15-18-5-3-2-4-6-18/h2-6,17,19H,7-15H2,1H3. The van der Waals surface area contributed by atoms with Crippen molar-refractivity contribution in [2.75, 3.05) is 31.9 Å². The Labute approximate surface area is 138 Å². The van der Waals surface area contributed by atoms with Crippen LogP contribution < -0.4 is 5.32 Å². The summed E-state index contributed by atoms with van der Waals surface area (Å²) in [6.45, 7) is 5.77. The molecule has 0 aliphatic carbocycles. The molecule has 1 heterocycles. The Morgan fingerprint density at radius 1 is 1.23 bits per heavy atom. The fourth-order valence-electron chi connectivity index (χ4n) is 2.88. The van der Waals surface area contributed by atoms with Crippen LogP contribution in [0.3, 0.4) is 0 Å². The van der Waals surface area contributed by atoms with Crippen LogP contribution in [0.25, 0.3) is 0 Å². The van der Waals surface area contributed by atoms with Crippen molar-refractivity contribution in [1.82, 2.24) is 10.2 Å². The summed E-state index contributed by atoms with van der Waals surface area (Å²) in [5.41, 5.74) is 1.41. The van der Waals surface area contributed by atoms with E-state index < -0.39 is 0 Å². The summed E-state index contributed by atoms with van der Waals surface area (Å²) in [6, 6.07) is 10.6. The van der Waals surface area contributed by atoms with E-state index in [-0.39, 0.29) is 5.91 Å². The first kappa shape index (κ1) is 17.4. The monoisotopic (exact) mass is 320 g/mol. The van der Waals surface area contributed by atoms with Crippen LogP contribution in [-0.4, -0.2) is 42.7 Å². The molecule has 0 saturated carbocycles. The number of amides is 1. The second kappa shape index (κ2) is 9.90. The van der Waals surface area contributed by atoms with Gasteiger partial charge in [0.1, 0.15) is 0 Å². The van der Waals surface area contributed by atoms with Crippen LogP contribution in [0.1, 0.15) is 31.7 Å². The van der Waals surface area contributed by atoms with E-state index in [1.54, 1.807) is 6.92 Å². The molecule has 0 unspecified atom stereocenters. The van der Waals surface area contributed by atoms with Crippen molar-refractivity contribution in [3.63, 3.8) is 0 Å². The highest BCUT2D eigenvalue weighted by atomic mass is 32.2. The van der Waals surface area contributed by atoms with Crippen molar-refractivity contribution in [2.24, 2.45) is 5.92 Å². The van der Waals surface area contributed by atoms with Gasteiger partial charge in [-0.1, -0.05) is 30.3 Å². The highest BCUT2D eigenvalue weighted by Crippen LogP contribution is 2.19. The molecule has 0 aromatic heterocycles. The predicted octanol–water partition coefficient (Wildman–Crippen LogP) is 3.16. The molecule has 2 rings (SSSR count). The predicted molar refractivity (Wildman–Crippen MR) is 95.1 cm³/mol. The first-order valence-electron chi connectivity index (χ1n) is 8.33. The third kappa shape index (κ3) is 6.41. The number of nitrogens with zero attached hydrogens (tertiary/aromatic N) is 1. The van der Waals surface area contributed by atoms with E-state index in [1.807, 2.05) is 16.7 Å². The van der Waals surface area contributed by atoms with Crippen molar-refractivity contribution in [1.29, 1.82) is 0 Å². The van der Waals surface area contributed by atoms with E-state index in [0.717, 1.165) is 43.6 Å². The Bertz CT molecular complexity index is 430. The number of carbonyl (C=O) groups excluding carboxylic acids is 1. The number of carbonyl (C=O) groups is 1. The first-order valence-corrected chi connectivity index (χ1v) is 9.49. The lowest BCUT2D eigenvalue weighted by Gasteiger charge is -2.31. The maximum Gasteiger partial charge on any atom is 0.219 e. The maximum absolute atomic E-state index is 11.3.